The van der Waals surface area contributed by atoms with Crippen LogP contribution in [0.3, 0.4) is 0 Å². The van der Waals surface area contributed by atoms with Crippen molar-refractivity contribution < 1.29 is 4.74 Å². The molecule has 1 heterocycles. The maximum atomic E-state index is 5.73. The average molecular weight is 202 g/mol. The standard InChI is InChI=1S/C8H12ClN3O/c9-8-11-10-6-12(8)3-4-13-5-7-1-2-7/h6-7H,1-5H2. The zero-order chi connectivity index (χ0) is 9.10. The van der Waals surface area contributed by atoms with Crippen molar-refractivity contribution in [2.45, 2.75) is 19.4 Å². The van der Waals surface area contributed by atoms with Crippen molar-refractivity contribution in [1.82, 2.24) is 14.8 Å². The summed E-state index contributed by atoms with van der Waals surface area (Å²) >= 11 is 5.73. The van der Waals surface area contributed by atoms with Crippen LogP contribution in [0.4, 0.5) is 0 Å². The van der Waals surface area contributed by atoms with Gasteiger partial charge in [-0.15, -0.1) is 10.2 Å². The monoisotopic (exact) mass is 201 g/mol. The first-order valence-corrected chi connectivity index (χ1v) is 4.85. The predicted octanol–water partition coefficient (Wildman–Crippen LogP) is 1.36. The van der Waals surface area contributed by atoms with Gasteiger partial charge in [0.1, 0.15) is 6.33 Å². The summed E-state index contributed by atoms with van der Waals surface area (Å²) in [4.78, 5) is 0. The van der Waals surface area contributed by atoms with Crippen molar-refractivity contribution in [3.63, 3.8) is 0 Å². The second-order valence-electron chi connectivity index (χ2n) is 3.31. The molecule has 1 aromatic heterocycles. The lowest BCUT2D eigenvalue weighted by molar-refractivity contribution is 0.117. The highest BCUT2D eigenvalue weighted by Gasteiger charge is 2.20. The first kappa shape index (κ1) is 8.97. The first-order chi connectivity index (χ1) is 6.36. The first-order valence-electron chi connectivity index (χ1n) is 4.47. The minimum absolute atomic E-state index is 0.426. The summed E-state index contributed by atoms with van der Waals surface area (Å²) in [5.74, 6) is 0.816. The molecule has 0 radical (unpaired) electrons. The fourth-order valence-corrected chi connectivity index (χ4v) is 1.26. The van der Waals surface area contributed by atoms with Crippen LogP contribution in [0.15, 0.2) is 6.33 Å². The third kappa shape index (κ3) is 2.67. The van der Waals surface area contributed by atoms with Crippen molar-refractivity contribution >= 4 is 11.6 Å². The summed E-state index contributed by atoms with van der Waals surface area (Å²) in [5.41, 5.74) is 0. The molecule has 2 rings (SSSR count). The number of halogens is 1. The molecular weight excluding hydrogens is 190 g/mol. The summed E-state index contributed by atoms with van der Waals surface area (Å²) in [6.45, 7) is 2.31. The molecule has 0 amide bonds. The lowest BCUT2D eigenvalue weighted by Gasteiger charge is -2.03. The topological polar surface area (TPSA) is 39.9 Å². The molecular formula is C8H12ClN3O. The Balaban J connectivity index is 1.64. The molecule has 1 fully saturated rings. The second-order valence-corrected chi connectivity index (χ2v) is 3.65. The van der Waals surface area contributed by atoms with Gasteiger partial charge in [0.2, 0.25) is 5.28 Å². The Morgan fingerprint density at radius 3 is 3.08 bits per heavy atom. The summed E-state index contributed by atoms with van der Waals surface area (Å²) in [7, 11) is 0. The molecule has 5 heteroatoms. The number of hydrogen-bond donors (Lipinski definition) is 0. The SMILES string of the molecule is Clc1nncn1CCOCC1CC1. The Bertz CT molecular complexity index is 272. The van der Waals surface area contributed by atoms with Gasteiger partial charge in [-0.2, -0.15) is 0 Å². The van der Waals surface area contributed by atoms with Crippen LogP contribution >= 0.6 is 11.6 Å². The van der Waals surface area contributed by atoms with E-state index in [9.17, 15) is 0 Å². The number of ether oxygens (including phenoxy) is 1. The molecule has 0 atom stereocenters. The largest absolute Gasteiger partial charge is 0.379 e. The number of hydrogen-bond acceptors (Lipinski definition) is 3. The minimum atomic E-state index is 0.426. The lowest BCUT2D eigenvalue weighted by Crippen LogP contribution is -2.06. The van der Waals surface area contributed by atoms with Crippen molar-refractivity contribution in [3.8, 4) is 0 Å². The van der Waals surface area contributed by atoms with Crippen molar-refractivity contribution in [2.24, 2.45) is 5.92 Å². The Hall–Kier alpha value is -0.610. The molecule has 0 bridgehead atoms. The summed E-state index contributed by atoms with van der Waals surface area (Å²) in [6, 6.07) is 0. The molecule has 1 aromatic rings. The Morgan fingerprint density at radius 1 is 1.62 bits per heavy atom. The van der Waals surface area contributed by atoms with Crippen LogP contribution < -0.4 is 0 Å². The van der Waals surface area contributed by atoms with E-state index in [1.54, 1.807) is 10.9 Å². The van der Waals surface area contributed by atoms with E-state index in [1.165, 1.54) is 12.8 Å². The Labute approximate surface area is 81.9 Å². The highest BCUT2D eigenvalue weighted by Crippen LogP contribution is 2.28. The van der Waals surface area contributed by atoms with Crippen molar-refractivity contribution in [3.05, 3.63) is 11.6 Å². The molecule has 0 spiro atoms. The third-order valence-corrected chi connectivity index (χ3v) is 2.39. The maximum absolute atomic E-state index is 5.73. The van der Waals surface area contributed by atoms with E-state index in [0.717, 1.165) is 19.1 Å². The molecule has 0 aliphatic heterocycles. The van der Waals surface area contributed by atoms with Crippen LogP contribution in [-0.4, -0.2) is 28.0 Å². The predicted molar refractivity (Wildman–Crippen MR) is 48.6 cm³/mol. The van der Waals surface area contributed by atoms with Crippen LogP contribution in [0, 0.1) is 5.92 Å². The molecule has 1 saturated carbocycles. The molecule has 72 valence electrons. The molecule has 1 aliphatic rings. The van der Waals surface area contributed by atoms with E-state index in [0.29, 0.717) is 11.9 Å². The second kappa shape index (κ2) is 4.07. The van der Waals surface area contributed by atoms with Gasteiger partial charge in [-0.1, -0.05) is 0 Å². The van der Waals surface area contributed by atoms with E-state index in [1.807, 2.05) is 0 Å². The Kier molecular flexibility index (Phi) is 2.80. The van der Waals surface area contributed by atoms with Gasteiger partial charge in [-0.05, 0) is 30.4 Å². The fourth-order valence-electron chi connectivity index (χ4n) is 1.09. The smallest absolute Gasteiger partial charge is 0.224 e. The van der Waals surface area contributed by atoms with E-state index >= 15 is 0 Å². The van der Waals surface area contributed by atoms with E-state index in [-0.39, 0.29) is 0 Å². The van der Waals surface area contributed by atoms with Gasteiger partial charge in [0.05, 0.1) is 6.61 Å². The van der Waals surface area contributed by atoms with Gasteiger partial charge in [0.15, 0.2) is 0 Å². The van der Waals surface area contributed by atoms with Gasteiger partial charge in [0, 0.05) is 13.2 Å². The van der Waals surface area contributed by atoms with Gasteiger partial charge in [-0.25, -0.2) is 0 Å². The molecule has 0 N–H and O–H groups in total. The quantitative estimate of drug-likeness (QED) is 0.676. The molecule has 4 nitrogen and oxygen atoms in total. The maximum Gasteiger partial charge on any atom is 0.224 e. The fraction of sp³-hybridized carbons (Fsp3) is 0.750. The summed E-state index contributed by atoms with van der Waals surface area (Å²) in [5, 5.41) is 7.76. The van der Waals surface area contributed by atoms with Crippen LogP contribution in [0.5, 0.6) is 0 Å². The van der Waals surface area contributed by atoms with Crippen LogP contribution in [0.1, 0.15) is 12.8 Å². The molecule has 13 heavy (non-hydrogen) atoms. The number of nitrogens with zero attached hydrogens (tertiary/aromatic N) is 3. The highest BCUT2D eigenvalue weighted by molar-refractivity contribution is 6.28. The van der Waals surface area contributed by atoms with Crippen molar-refractivity contribution in [1.29, 1.82) is 0 Å². The highest BCUT2D eigenvalue weighted by atomic mass is 35.5. The zero-order valence-corrected chi connectivity index (χ0v) is 8.07. The third-order valence-electron chi connectivity index (χ3n) is 2.10. The minimum Gasteiger partial charge on any atom is -0.379 e. The average Bonchev–Trinajstić information content (AvgIpc) is 2.86. The van der Waals surface area contributed by atoms with E-state index in [2.05, 4.69) is 10.2 Å². The molecule has 0 aromatic carbocycles. The zero-order valence-electron chi connectivity index (χ0n) is 7.32. The summed E-state index contributed by atoms with van der Waals surface area (Å²) < 4.78 is 7.22. The molecule has 1 aliphatic carbocycles. The number of rotatable bonds is 5. The summed E-state index contributed by atoms with van der Waals surface area (Å²) in [6.07, 6.45) is 4.27. The molecule has 0 saturated heterocycles. The van der Waals surface area contributed by atoms with Crippen molar-refractivity contribution in [2.75, 3.05) is 13.2 Å². The van der Waals surface area contributed by atoms with Gasteiger partial charge >= 0.3 is 0 Å². The molecule has 0 unspecified atom stereocenters. The Morgan fingerprint density at radius 2 is 2.46 bits per heavy atom. The van der Waals surface area contributed by atoms with Gasteiger partial charge in [-0.3, -0.25) is 0 Å². The van der Waals surface area contributed by atoms with Crippen LogP contribution in [0.25, 0.3) is 0 Å². The van der Waals surface area contributed by atoms with Crippen LogP contribution in [0.2, 0.25) is 5.28 Å². The normalized spacial score (nSPS) is 16.4. The van der Waals surface area contributed by atoms with Gasteiger partial charge in [0.25, 0.3) is 0 Å². The van der Waals surface area contributed by atoms with E-state index < -0.39 is 0 Å². The number of aromatic nitrogens is 3. The van der Waals surface area contributed by atoms with E-state index in [4.69, 9.17) is 16.3 Å². The lowest BCUT2D eigenvalue weighted by atomic mass is 10.5. The van der Waals surface area contributed by atoms with Gasteiger partial charge < -0.3 is 9.30 Å². The van der Waals surface area contributed by atoms with Crippen LogP contribution in [-0.2, 0) is 11.3 Å².